The minimum atomic E-state index is 0.255. The first kappa shape index (κ1) is 12.9. The van der Waals surface area contributed by atoms with Crippen LogP contribution in [0.25, 0.3) is 0 Å². The molecular formula is C16H23NO2. The van der Waals surface area contributed by atoms with Gasteiger partial charge in [-0.1, -0.05) is 18.2 Å². The van der Waals surface area contributed by atoms with Crippen molar-refractivity contribution in [3.05, 3.63) is 29.8 Å². The summed E-state index contributed by atoms with van der Waals surface area (Å²) in [4.78, 5) is 0. The van der Waals surface area contributed by atoms with Crippen LogP contribution in [0.1, 0.15) is 31.2 Å². The minimum absolute atomic E-state index is 0.255. The lowest BCUT2D eigenvalue weighted by Gasteiger charge is -2.16. The molecule has 0 spiro atoms. The van der Waals surface area contributed by atoms with Crippen LogP contribution in [0.3, 0.4) is 0 Å². The number of aryl methyl sites for hydroxylation is 1. The normalized spacial score (nSPS) is 26.6. The highest BCUT2D eigenvalue weighted by atomic mass is 16.5. The Labute approximate surface area is 115 Å². The molecule has 0 bridgehead atoms. The zero-order chi connectivity index (χ0) is 13.1. The van der Waals surface area contributed by atoms with Gasteiger partial charge in [0.25, 0.3) is 0 Å². The zero-order valence-electron chi connectivity index (χ0n) is 11.6. The Kier molecular flexibility index (Phi) is 4.04. The van der Waals surface area contributed by atoms with Crippen LogP contribution in [0.15, 0.2) is 24.3 Å². The van der Waals surface area contributed by atoms with E-state index in [1.807, 2.05) is 18.2 Å². The van der Waals surface area contributed by atoms with Crippen molar-refractivity contribution >= 4 is 0 Å². The molecule has 1 saturated carbocycles. The monoisotopic (exact) mass is 261 g/mol. The Balaban J connectivity index is 1.40. The van der Waals surface area contributed by atoms with Gasteiger partial charge in [-0.25, -0.2) is 0 Å². The molecule has 0 amide bonds. The number of nitrogens with one attached hydrogen (secondary N) is 1. The Bertz CT molecular complexity index is 417. The van der Waals surface area contributed by atoms with E-state index < -0.39 is 0 Å². The predicted molar refractivity (Wildman–Crippen MR) is 75.6 cm³/mol. The average Bonchev–Trinajstić information content (AvgIpc) is 3.14. The van der Waals surface area contributed by atoms with E-state index in [0.717, 1.165) is 31.2 Å². The zero-order valence-corrected chi connectivity index (χ0v) is 11.6. The first-order chi connectivity index (χ1) is 9.31. The highest BCUT2D eigenvalue weighted by Gasteiger charge is 2.28. The first-order valence-electron chi connectivity index (χ1n) is 7.38. The van der Waals surface area contributed by atoms with Gasteiger partial charge >= 0.3 is 0 Å². The summed E-state index contributed by atoms with van der Waals surface area (Å²) in [6.07, 6.45) is 5.58. The second-order valence-electron chi connectivity index (χ2n) is 5.72. The van der Waals surface area contributed by atoms with Crippen molar-refractivity contribution in [3.63, 3.8) is 0 Å². The van der Waals surface area contributed by atoms with Gasteiger partial charge in [0.05, 0.1) is 12.2 Å². The standard InChI is InChI=1S/C16H23NO2/c1-12-4-2-3-5-16(12)18-11-15-9-8-14(19-15)10-17-13-6-7-13/h2-5,13-15,17H,6-11H2,1H3. The van der Waals surface area contributed by atoms with Crippen molar-refractivity contribution in [1.29, 1.82) is 0 Å². The van der Waals surface area contributed by atoms with Crippen LogP contribution in [0, 0.1) is 6.92 Å². The van der Waals surface area contributed by atoms with E-state index in [1.165, 1.54) is 18.4 Å². The molecule has 3 nitrogen and oxygen atoms in total. The summed E-state index contributed by atoms with van der Waals surface area (Å²) < 4.78 is 11.9. The summed E-state index contributed by atoms with van der Waals surface area (Å²) >= 11 is 0. The number of para-hydroxylation sites is 1. The molecule has 2 atom stereocenters. The van der Waals surface area contributed by atoms with E-state index in [4.69, 9.17) is 9.47 Å². The van der Waals surface area contributed by atoms with Crippen molar-refractivity contribution in [2.45, 2.75) is 50.9 Å². The molecule has 1 aromatic carbocycles. The van der Waals surface area contributed by atoms with Crippen LogP contribution in [0.4, 0.5) is 0 Å². The minimum Gasteiger partial charge on any atom is -0.491 e. The van der Waals surface area contributed by atoms with Crippen LogP contribution < -0.4 is 10.1 Å². The molecule has 2 aliphatic rings. The summed E-state index contributed by atoms with van der Waals surface area (Å²) in [5.74, 6) is 0.977. The van der Waals surface area contributed by atoms with Gasteiger partial charge in [-0.05, 0) is 44.2 Å². The fourth-order valence-corrected chi connectivity index (χ4v) is 2.54. The van der Waals surface area contributed by atoms with Gasteiger partial charge in [0.2, 0.25) is 0 Å². The SMILES string of the molecule is Cc1ccccc1OCC1CCC(CNC2CC2)O1. The highest BCUT2D eigenvalue weighted by molar-refractivity contribution is 5.31. The molecule has 0 radical (unpaired) electrons. The first-order valence-corrected chi connectivity index (χ1v) is 7.38. The Hall–Kier alpha value is -1.06. The van der Waals surface area contributed by atoms with Crippen LogP contribution in [0.5, 0.6) is 5.75 Å². The van der Waals surface area contributed by atoms with Gasteiger partial charge in [-0.2, -0.15) is 0 Å². The number of hydrogen-bond donors (Lipinski definition) is 1. The Morgan fingerprint density at radius 3 is 2.74 bits per heavy atom. The summed E-state index contributed by atoms with van der Waals surface area (Å²) in [6, 6.07) is 8.92. The van der Waals surface area contributed by atoms with E-state index in [9.17, 15) is 0 Å². The molecule has 19 heavy (non-hydrogen) atoms. The maximum Gasteiger partial charge on any atom is 0.122 e. The van der Waals surface area contributed by atoms with Gasteiger partial charge in [0.15, 0.2) is 0 Å². The van der Waals surface area contributed by atoms with Gasteiger partial charge in [0, 0.05) is 12.6 Å². The Morgan fingerprint density at radius 2 is 1.95 bits per heavy atom. The summed E-state index contributed by atoms with van der Waals surface area (Å²) in [7, 11) is 0. The van der Waals surface area contributed by atoms with E-state index in [2.05, 4.69) is 18.3 Å². The summed E-state index contributed by atoms with van der Waals surface area (Å²) in [5.41, 5.74) is 1.19. The van der Waals surface area contributed by atoms with Crippen LogP contribution in [-0.4, -0.2) is 31.4 Å². The quantitative estimate of drug-likeness (QED) is 0.854. The molecule has 1 aliphatic heterocycles. The molecule has 104 valence electrons. The van der Waals surface area contributed by atoms with E-state index in [0.29, 0.717) is 12.7 Å². The second kappa shape index (κ2) is 5.93. The molecular weight excluding hydrogens is 238 g/mol. The van der Waals surface area contributed by atoms with Crippen molar-refractivity contribution in [3.8, 4) is 5.75 Å². The predicted octanol–water partition coefficient (Wildman–Crippen LogP) is 2.67. The van der Waals surface area contributed by atoms with Gasteiger partial charge in [0.1, 0.15) is 12.4 Å². The third-order valence-corrected chi connectivity index (χ3v) is 3.93. The molecule has 1 saturated heterocycles. The van der Waals surface area contributed by atoms with E-state index in [1.54, 1.807) is 0 Å². The van der Waals surface area contributed by atoms with Gasteiger partial charge < -0.3 is 14.8 Å². The van der Waals surface area contributed by atoms with Crippen molar-refractivity contribution in [1.82, 2.24) is 5.32 Å². The smallest absolute Gasteiger partial charge is 0.122 e. The van der Waals surface area contributed by atoms with Gasteiger partial charge in [-0.15, -0.1) is 0 Å². The van der Waals surface area contributed by atoms with Crippen LogP contribution >= 0.6 is 0 Å². The van der Waals surface area contributed by atoms with Crippen molar-refractivity contribution in [2.24, 2.45) is 0 Å². The third kappa shape index (κ3) is 3.71. The lowest BCUT2D eigenvalue weighted by Crippen LogP contribution is -2.29. The lowest BCUT2D eigenvalue weighted by atomic mass is 10.2. The lowest BCUT2D eigenvalue weighted by molar-refractivity contribution is 0.0183. The third-order valence-electron chi connectivity index (χ3n) is 3.93. The second-order valence-corrected chi connectivity index (χ2v) is 5.72. The molecule has 2 fully saturated rings. The van der Waals surface area contributed by atoms with Crippen LogP contribution in [0.2, 0.25) is 0 Å². The van der Waals surface area contributed by atoms with Crippen molar-refractivity contribution < 1.29 is 9.47 Å². The molecule has 1 aliphatic carbocycles. The highest BCUT2D eigenvalue weighted by Crippen LogP contribution is 2.24. The van der Waals surface area contributed by atoms with E-state index in [-0.39, 0.29) is 6.10 Å². The Morgan fingerprint density at radius 1 is 1.16 bits per heavy atom. The maximum absolute atomic E-state index is 6.01. The molecule has 1 N–H and O–H groups in total. The maximum atomic E-state index is 6.01. The van der Waals surface area contributed by atoms with Crippen molar-refractivity contribution in [2.75, 3.05) is 13.2 Å². The molecule has 2 unspecified atom stereocenters. The molecule has 0 aromatic heterocycles. The number of rotatable bonds is 6. The number of hydrogen-bond acceptors (Lipinski definition) is 3. The topological polar surface area (TPSA) is 30.5 Å². The summed E-state index contributed by atoms with van der Waals surface area (Å²) in [5, 5.41) is 3.54. The molecule has 1 aromatic rings. The molecule has 3 heteroatoms. The molecule has 3 rings (SSSR count). The van der Waals surface area contributed by atoms with Gasteiger partial charge in [-0.3, -0.25) is 0 Å². The largest absolute Gasteiger partial charge is 0.491 e. The fourth-order valence-electron chi connectivity index (χ4n) is 2.54. The average molecular weight is 261 g/mol. The van der Waals surface area contributed by atoms with Crippen LogP contribution in [-0.2, 0) is 4.74 Å². The van der Waals surface area contributed by atoms with E-state index >= 15 is 0 Å². The molecule has 1 heterocycles. The number of benzene rings is 1. The fraction of sp³-hybridized carbons (Fsp3) is 0.625. The number of ether oxygens (including phenoxy) is 2. The summed E-state index contributed by atoms with van der Waals surface area (Å²) in [6.45, 7) is 3.75.